The molecule has 3 heterocycles. The third-order valence-electron chi connectivity index (χ3n) is 3.47. The number of fused-ring (bicyclic) bond motifs is 1. The molecule has 0 aromatic carbocycles. The monoisotopic (exact) mass is 272 g/mol. The lowest BCUT2D eigenvalue weighted by Gasteiger charge is -2.15. The smallest absolute Gasteiger partial charge is 0.227 e. The van der Waals surface area contributed by atoms with Crippen LogP contribution in [0.5, 0.6) is 0 Å². The lowest BCUT2D eigenvalue weighted by atomic mass is 10.3. The quantitative estimate of drug-likeness (QED) is 0.912. The zero-order valence-corrected chi connectivity index (χ0v) is 11.1. The first kappa shape index (κ1) is 12.7. The summed E-state index contributed by atoms with van der Waals surface area (Å²) in [4.78, 5) is 25.2. The first-order valence-electron chi connectivity index (χ1n) is 6.74. The summed E-state index contributed by atoms with van der Waals surface area (Å²) >= 11 is 0. The van der Waals surface area contributed by atoms with E-state index in [0.717, 1.165) is 18.5 Å². The lowest BCUT2D eigenvalue weighted by Crippen LogP contribution is -2.29. The van der Waals surface area contributed by atoms with Crippen molar-refractivity contribution in [3.63, 3.8) is 0 Å². The van der Waals surface area contributed by atoms with Crippen molar-refractivity contribution in [2.75, 3.05) is 18.4 Å². The minimum atomic E-state index is -0.104. The second-order valence-electron chi connectivity index (χ2n) is 4.86. The number of likely N-dealkylation sites (tertiary alicyclic amines) is 1. The van der Waals surface area contributed by atoms with E-state index in [0.29, 0.717) is 25.2 Å². The fraction of sp³-hybridized carbons (Fsp3) is 0.357. The van der Waals surface area contributed by atoms with E-state index in [1.54, 1.807) is 21.7 Å². The molecule has 0 atom stereocenters. The van der Waals surface area contributed by atoms with E-state index in [9.17, 15) is 9.59 Å². The van der Waals surface area contributed by atoms with Gasteiger partial charge < -0.3 is 10.2 Å². The number of carbonyl (C=O) groups is 2. The molecular formula is C14H16N4O2. The standard InChI is InChI=1S/C14H16N4O2/c19-13(7-10-17-9-2-5-14(17)20)16-12-4-1-3-11-6-8-15-18(11)12/h1,3-4,6,8H,2,5,7,9-10H2,(H,16,19). The Kier molecular flexibility index (Phi) is 3.37. The zero-order valence-electron chi connectivity index (χ0n) is 11.1. The minimum absolute atomic E-state index is 0.104. The number of hydrogen-bond donors (Lipinski definition) is 1. The molecule has 20 heavy (non-hydrogen) atoms. The van der Waals surface area contributed by atoms with E-state index in [4.69, 9.17) is 0 Å². The van der Waals surface area contributed by atoms with Gasteiger partial charge in [0, 0.05) is 25.9 Å². The van der Waals surface area contributed by atoms with Crippen molar-refractivity contribution in [2.24, 2.45) is 0 Å². The summed E-state index contributed by atoms with van der Waals surface area (Å²) in [6, 6.07) is 7.47. The third kappa shape index (κ3) is 2.49. The van der Waals surface area contributed by atoms with Crippen LogP contribution >= 0.6 is 0 Å². The number of anilines is 1. The molecule has 0 saturated carbocycles. The molecule has 2 aromatic heterocycles. The lowest BCUT2D eigenvalue weighted by molar-refractivity contribution is -0.128. The van der Waals surface area contributed by atoms with Gasteiger partial charge in [-0.05, 0) is 24.6 Å². The predicted molar refractivity (Wildman–Crippen MR) is 74.3 cm³/mol. The Balaban J connectivity index is 1.61. The highest BCUT2D eigenvalue weighted by Crippen LogP contribution is 2.12. The Morgan fingerprint density at radius 3 is 3.05 bits per heavy atom. The first-order valence-corrected chi connectivity index (χ1v) is 6.74. The first-order chi connectivity index (χ1) is 9.74. The summed E-state index contributed by atoms with van der Waals surface area (Å²) in [5, 5.41) is 6.99. The van der Waals surface area contributed by atoms with Gasteiger partial charge in [0.15, 0.2) is 0 Å². The van der Waals surface area contributed by atoms with Crippen LogP contribution in [0.15, 0.2) is 30.5 Å². The second kappa shape index (κ2) is 5.32. The SMILES string of the molecule is O=C(CCN1CCCC1=O)Nc1cccc2ccnn12. The molecular weight excluding hydrogens is 256 g/mol. The number of carbonyl (C=O) groups excluding carboxylic acids is 2. The number of nitrogens with zero attached hydrogens (tertiary/aromatic N) is 3. The summed E-state index contributed by atoms with van der Waals surface area (Å²) in [6.45, 7) is 1.25. The molecule has 104 valence electrons. The van der Waals surface area contributed by atoms with E-state index >= 15 is 0 Å². The van der Waals surface area contributed by atoms with Crippen LogP contribution in [0.2, 0.25) is 0 Å². The number of nitrogens with one attached hydrogen (secondary N) is 1. The Morgan fingerprint density at radius 1 is 1.35 bits per heavy atom. The van der Waals surface area contributed by atoms with Crippen LogP contribution in [0.25, 0.3) is 5.52 Å². The van der Waals surface area contributed by atoms with E-state index in [1.165, 1.54) is 0 Å². The Labute approximate surface area is 116 Å². The van der Waals surface area contributed by atoms with Crippen molar-refractivity contribution in [3.8, 4) is 0 Å². The average molecular weight is 272 g/mol. The van der Waals surface area contributed by atoms with Gasteiger partial charge in [0.2, 0.25) is 11.8 Å². The van der Waals surface area contributed by atoms with Crippen LogP contribution in [0.3, 0.4) is 0 Å². The molecule has 1 aliphatic heterocycles. The highest BCUT2D eigenvalue weighted by atomic mass is 16.2. The average Bonchev–Trinajstić information content (AvgIpc) is 3.06. The van der Waals surface area contributed by atoms with Gasteiger partial charge in [0.1, 0.15) is 5.82 Å². The highest BCUT2D eigenvalue weighted by molar-refractivity contribution is 5.90. The summed E-state index contributed by atoms with van der Waals surface area (Å²) in [6.07, 6.45) is 3.50. The Bertz CT molecular complexity index is 649. The summed E-state index contributed by atoms with van der Waals surface area (Å²) < 4.78 is 1.68. The molecule has 3 rings (SSSR count). The molecule has 2 amide bonds. The summed E-state index contributed by atoms with van der Waals surface area (Å²) in [5.74, 6) is 0.685. The molecule has 0 spiro atoms. The molecule has 1 saturated heterocycles. The van der Waals surface area contributed by atoms with Gasteiger partial charge >= 0.3 is 0 Å². The molecule has 1 fully saturated rings. The van der Waals surface area contributed by atoms with Gasteiger partial charge in [-0.25, -0.2) is 4.52 Å². The fourth-order valence-electron chi connectivity index (χ4n) is 2.43. The largest absolute Gasteiger partial charge is 0.342 e. The molecule has 0 radical (unpaired) electrons. The molecule has 6 heteroatoms. The van der Waals surface area contributed by atoms with E-state index in [2.05, 4.69) is 10.4 Å². The number of amides is 2. The topological polar surface area (TPSA) is 66.7 Å². The van der Waals surface area contributed by atoms with Crippen LogP contribution in [-0.2, 0) is 9.59 Å². The third-order valence-corrected chi connectivity index (χ3v) is 3.47. The van der Waals surface area contributed by atoms with Crippen LogP contribution in [0.4, 0.5) is 5.82 Å². The van der Waals surface area contributed by atoms with Crippen LogP contribution in [0, 0.1) is 0 Å². The predicted octanol–water partition coefficient (Wildman–Crippen LogP) is 1.29. The molecule has 0 aliphatic carbocycles. The molecule has 1 N–H and O–H groups in total. The van der Waals surface area contributed by atoms with Crippen LogP contribution < -0.4 is 5.32 Å². The summed E-state index contributed by atoms with van der Waals surface area (Å²) in [7, 11) is 0. The minimum Gasteiger partial charge on any atom is -0.342 e. The molecule has 0 unspecified atom stereocenters. The Hall–Kier alpha value is -2.37. The van der Waals surface area contributed by atoms with Gasteiger partial charge in [0.05, 0.1) is 11.7 Å². The number of aromatic nitrogens is 2. The van der Waals surface area contributed by atoms with Crippen molar-refractivity contribution < 1.29 is 9.59 Å². The van der Waals surface area contributed by atoms with Gasteiger partial charge in [-0.1, -0.05) is 6.07 Å². The number of pyridine rings is 1. The maximum atomic E-state index is 12.0. The zero-order chi connectivity index (χ0) is 13.9. The number of rotatable bonds is 4. The van der Waals surface area contributed by atoms with Crippen molar-refractivity contribution in [2.45, 2.75) is 19.3 Å². The van der Waals surface area contributed by atoms with Gasteiger partial charge in [-0.3, -0.25) is 9.59 Å². The van der Waals surface area contributed by atoms with E-state index in [1.807, 2.05) is 18.2 Å². The molecule has 0 bridgehead atoms. The molecule has 2 aromatic rings. The van der Waals surface area contributed by atoms with Crippen molar-refractivity contribution >= 4 is 23.1 Å². The molecule has 6 nitrogen and oxygen atoms in total. The number of hydrogen-bond acceptors (Lipinski definition) is 3. The Morgan fingerprint density at radius 2 is 2.25 bits per heavy atom. The van der Waals surface area contributed by atoms with Gasteiger partial charge in [0.25, 0.3) is 0 Å². The maximum absolute atomic E-state index is 12.0. The van der Waals surface area contributed by atoms with Crippen molar-refractivity contribution in [1.29, 1.82) is 0 Å². The summed E-state index contributed by atoms with van der Waals surface area (Å²) in [5.41, 5.74) is 0.928. The molecule has 1 aliphatic rings. The van der Waals surface area contributed by atoms with Gasteiger partial charge in [-0.15, -0.1) is 0 Å². The fourth-order valence-corrected chi connectivity index (χ4v) is 2.43. The van der Waals surface area contributed by atoms with E-state index in [-0.39, 0.29) is 11.8 Å². The van der Waals surface area contributed by atoms with Crippen molar-refractivity contribution in [3.05, 3.63) is 30.5 Å². The van der Waals surface area contributed by atoms with E-state index < -0.39 is 0 Å². The normalized spacial score (nSPS) is 15.0. The second-order valence-corrected chi connectivity index (χ2v) is 4.86. The maximum Gasteiger partial charge on any atom is 0.227 e. The van der Waals surface area contributed by atoms with Crippen molar-refractivity contribution in [1.82, 2.24) is 14.5 Å². The van der Waals surface area contributed by atoms with Gasteiger partial charge in [-0.2, -0.15) is 5.10 Å². The highest BCUT2D eigenvalue weighted by Gasteiger charge is 2.20. The van der Waals surface area contributed by atoms with Crippen LogP contribution in [0.1, 0.15) is 19.3 Å². The van der Waals surface area contributed by atoms with Crippen LogP contribution in [-0.4, -0.2) is 39.4 Å².